The molecule has 0 radical (unpaired) electrons. The fourth-order valence-corrected chi connectivity index (χ4v) is 5.13. The fraction of sp³-hybridized carbons (Fsp3) is 0.393. The van der Waals surface area contributed by atoms with Gasteiger partial charge in [-0.2, -0.15) is 9.61 Å². The van der Waals surface area contributed by atoms with Crippen LogP contribution in [0.2, 0.25) is 0 Å². The molecule has 200 valence electrons. The zero-order valence-corrected chi connectivity index (χ0v) is 21.6. The zero-order valence-electron chi connectivity index (χ0n) is 21.6. The number of nitrogens with one attached hydrogen (secondary N) is 1. The van der Waals surface area contributed by atoms with Crippen molar-refractivity contribution in [2.24, 2.45) is 11.7 Å². The summed E-state index contributed by atoms with van der Waals surface area (Å²) in [5, 5.41) is 18.1. The van der Waals surface area contributed by atoms with E-state index in [2.05, 4.69) is 20.4 Å². The van der Waals surface area contributed by atoms with Crippen LogP contribution in [0, 0.1) is 17.6 Å². The van der Waals surface area contributed by atoms with Gasteiger partial charge in [-0.3, -0.25) is 4.98 Å². The Bertz CT molecular complexity index is 1410. The molecule has 1 fully saturated rings. The van der Waals surface area contributed by atoms with Crippen molar-refractivity contribution in [1.82, 2.24) is 19.6 Å². The molecule has 4 aromatic rings. The normalized spacial score (nSPS) is 21.8. The summed E-state index contributed by atoms with van der Waals surface area (Å²) in [4.78, 5) is 8.71. The van der Waals surface area contributed by atoms with E-state index < -0.39 is 17.7 Å². The maximum atomic E-state index is 15.0. The molecule has 0 amide bonds. The molecule has 4 atom stereocenters. The molecule has 0 unspecified atom stereocenters. The predicted molar refractivity (Wildman–Crippen MR) is 141 cm³/mol. The summed E-state index contributed by atoms with van der Waals surface area (Å²) in [5.41, 5.74) is 8.95. The van der Waals surface area contributed by atoms with E-state index in [0.29, 0.717) is 23.4 Å². The molecule has 8 nitrogen and oxygen atoms in total. The lowest BCUT2D eigenvalue weighted by atomic mass is 9.74. The molecule has 4 N–H and O–H groups in total. The van der Waals surface area contributed by atoms with Gasteiger partial charge in [0.15, 0.2) is 0 Å². The quantitative estimate of drug-likeness (QED) is 0.315. The Morgan fingerprint density at radius 1 is 1.16 bits per heavy atom. The Kier molecular flexibility index (Phi) is 7.38. The predicted octanol–water partition coefficient (Wildman–Crippen LogP) is 4.94. The standard InChI is InChI=1S/C28H32F2N6O2/c1-15(2)38-14-17-9-21(29)26(22(30)10-17)24-5-4-19-12-33-28(36(19)35-24)34-25-13-32-7-6-20(25)18-8-16(3)27(37)23(31)11-18/h4-7,9-10,12-13,15-16,18,23,27,37H,8,11,14,31H2,1-3H3,(H,33,34)/t16-,18+,23+,27+/m0/s1. The second kappa shape index (κ2) is 10.7. The van der Waals surface area contributed by atoms with E-state index in [0.717, 1.165) is 17.7 Å². The van der Waals surface area contributed by atoms with Gasteiger partial charge < -0.3 is 20.9 Å². The van der Waals surface area contributed by atoms with Crippen molar-refractivity contribution in [2.75, 3.05) is 5.32 Å². The van der Waals surface area contributed by atoms with Crippen LogP contribution in [0.1, 0.15) is 50.7 Å². The molecule has 0 saturated heterocycles. The number of aliphatic hydroxyl groups excluding tert-OH is 1. The molecule has 38 heavy (non-hydrogen) atoms. The van der Waals surface area contributed by atoms with Crippen molar-refractivity contribution in [1.29, 1.82) is 0 Å². The van der Waals surface area contributed by atoms with E-state index in [4.69, 9.17) is 10.5 Å². The Morgan fingerprint density at radius 3 is 2.63 bits per heavy atom. The third-order valence-corrected chi connectivity index (χ3v) is 7.10. The Hall–Kier alpha value is -3.47. The highest BCUT2D eigenvalue weighted by molar-refractivity contribution is 5.66. The van der Waals surface area contributed by atoms with Gasteiger partial charge in [-0.15, -0.1) is 0 Å². The first-order valence-electron chi connectivity index (χ1n) is 12.8. The summed E-state index contributed by atoms with van der Waals surface area (Å²) in [5.74, 6) is -0.854. The largest absolute Gasteiger partial charge is 0.391 e. The number of nitrogens with two attached hydrogens (primary N) is 1. The summed E-state index contributed by atoms with van der Waals surface area (Å²) in [6.45, 7) is 5.84. The minimum Gasteiger partial charge on any atom is -0.391 e. The third-order valence-electron chi connectivity index (χ3n) is 7.10. The number of fused-ring (bicyclic) bond motifs is 1. The van der Waals surface area contributed by atoms with Crippen LogP contribution in [0.3, 0.4) is 0 Å². The Labute approximate surface area is 219 Å². The van der Waals surface area contributed by atoms with E-state index in [1.807, 2.05) is 26.8 Å². The number of aromatic nitrogens is 4. The molecule has 1 aliphatic carbocycles. The molecule has 1 aromatic carbocycles. The Morgan fingerprint density at radius 2 is 1.92 bits per heavy atom. The first-order valence-corrected chi connectivity index (χ1v) is 12.8. The SMILES string of the molecule is CC(C)OCc1cc(F)c(-c2ccc3cnc(Nc4cnccc4[C@H]4C[C@@H](N)[C@H](O)[C@@H](C)C4)n3n2)c(F)c1. The number of pyridine rings is 1. The Balaban J connectivity index is 1.46. The molecular weight excluding hydrogens is 490 g/mol. The number of imidazole rings is 1. The van der Waals surface area contributed by atoms with Crippen molar-refractivity contribution < 1.29 is 18.6 Å². The van der Waals surface area contributed by atoms with Crippen LogP contribution < -0.4 is 11.1 Å². The lowest BCUT2D eigenvalue weighted by Gasteiger charge is -2.36. The van der Waals surface area contributed by atoms with Gasteiger partial charge >= 0.3 is 0 Å². The first-order chi connectivity index (χ1) is 18.2. The highest BCUT2D eigenvalue weighted by Gasteiger charge is 2.34. The lowest BCUT2D eigenvalue weighted by molar-refractivity contribution is 0.0521. The van der Waals surface area contributed by atoms with E-state index in [9.17, 15) is 5.11 Å². The van der Waals surface area contributed by atoms with E-state index in [1.54, 1.807) is 30.7 Å². The number of nitrogens with zero attached hydrogens (tertiary/aromatic N) is 4. The van der Waals surface area contributed by atoms with Crippen molar-refractivity contribution in [3.05, 3.63) is 71.7 Å². The van der Waals surface area contributed by atoms with Crippen LogP contribution in [0.15, 0.2) is 48.9 Å². The number of halogens is 2. The maximum Gasteiger partial charge on any atom is 0.229 e. The number of benzene rings is 1. The number of rotatable bonds is 7. The second-order valence-electron chi connectivity index (χ2n) is 10.3. The van der Waals surface area contributed by atoms with Crippen LogP contribution >= 0.6 is 0 Å². The number of hydrogen-bond donors (Lipinski definition) is 3. The summed E-state index contributed by atoms with van der Waals surface area (Å²) < 4.78 is 37.1. The minimum atomic E-state index is -0.715. The summed E-state index contributed by atoms with van der Waals surface area (Å²) in [7, 11) is 0. The molecule has 5 rings (SSSR count). The highest BCUT2D eigenvalue weighted by Crippen LogP contribution is 2.39. The molecule has 10 heteroatoms. The van der Waals surface area contributed by atoms with E-state index in [1.165, 1.54) is 16.6 Å². The average molecular weight is 523 g/mol. The smallest absolute Gasteiger partial charge is 0.229 e. The summed E-state index contributed by atoms with van der Waals surface area (Å²) in [6, 6.07) is 7.45. The highest BCUT2D eigenvalue weighted by atomic mass is 19.1. The van der Waals surface area contributed by atoms with Gasteiger partial charge in [-0.1, -0.05) is 6.92 Å². The van der Waals surface area contributed by atoms with Gasteiger partial charge in [0, 0.05) is 12.2 Å². The van der Waals surface area contributed by atoms with Crippen LogP contribution in [-0.2, 0) is 11.3 Å². The van der Waals surface area contributed by atoms with Crippen molar-refractivity contribution in [3.63, 3.8) is 0 Å². The molecule has 1 aliphatic rings. The van der Waals surface area contributed by atoms with Gasteiger partial charge in [0.1, 0.15) is 11.6 Å². The van der Waals surface area contributed by atoms with Gasteiger partial charge in [0.2, 0.25) is 5.95 Å². The lowest BCUT2D eigenvalue weighted by Crippen LogP contribution is -2.44. The number of anilines is 2. The molecular formula is C28H32F2N6O2. The monoisotopic (exact) mass is 522 g/mol. The second-order valence-corrected chi connectivity index (χ2v) is 10.3. The summed E-state index contributed by atoms with van der Waals surface area (Å²) >= 11 is 0. The van der Waals surface area contributed by atoms with Crippen LogP contribution in [-0.4, -0.2) is 42.9 Å². The molecule has 0 aliphatic heterocycles. The summed E-state index contributed by atoms with van der Waals surface area (Å²) in [6.07, 6.45) is 5.91. The average Bonchev–Trinajstić information content (AvgIpc) is 3.27. The van der Waals surface area contributed by atoms with E-state index >= 15 is 8.78 Å². The van der Waals surface area contributed by atoms with Crippen molar-refractivity contribution in [3.8, 4) is 11.3 Å². The van der Waals surface area contributed by atoms with Gasteiger partial charge in [-0.05, 0) is 80.0 Å². The minimum absolute atomic E-state index is 0.0535. The molecule has 3 heterocycles. The fourth-order valence-electron chi connectivity index (χ4n) is 5.13. The third kappa shape index (κ3) is 5.24. The first kappa shape index (κ1) is 26.1. The molecule has 3 aromatic heterocycles. The molecule has 0 bridgehead atoms. The van der Waals surface area contributed by atoms with Crippen LogP contribution in [0.5, 0.6) is 0 Å². The number of hydrogen-bond acceptors (Lipinski definition) is 7. The van der Waals surface area contributed by atoms with Crippen molar-refractivity contribution >= 4 is 17.2 Å². The van der Waals surface area contributed by atoms with Gasteiger partial charge in [0.25, 0.3) is 0 Å². The van der Waals surface area contributed by atoms with Gasteiger partial charge in [0.05, 0.1) is 53.7 Å². The van der Waals surface area contributed by atoms with Crippen LogP contribution in [0.25, 0.3) is 16.8 Å². The van der Waals surface area contributed by atoms with Crippen molar-refractivity contribution in [2.45, 2.75) is 64.4 Å². The molecule has 1 saturated carbocycles. The van der Waals surface area contributed by atoms with Crippen LogP contribution in [0.4, 0.5) is 20.4 Å². The van der Waals surface area contributed by atoms with E-state index in [-0.39, 0.29) is 41.8 Å². The number of ether oxygens (including phenoxy) is 1. The topological polar surface area (TPSA) is 111 Å². The molecule has 0 spiro atoms. The maximum absolute atomic E-state index is 15.0. The number of aliphatic hydroxyl groups is 1. The van der Waals surface area contributed by atoms with Gasteiger partial charge in [-0.25, -0.2) is 13.8 Å². The zero-order chi connectivity index (χ0) is 27.0.